The van der Waals surface area contributed by atoms with Crippen molar-refractivity contribution < 1.29 is 4.79 Å². The van der Waals surface area contributed by atoms with Crippen LogP contribution in [-0.4, -0.2) is 38.0 Å². The van der Waals surface area contributed by atoms with Crippen molar-refractivity contribution >= 4 is 23.1 Å². The second-order valence-corrected chi connectivity index (χ2v) is 4.52. The number of aromatic amines is 1. The Balaban J connectivity index is 2.71. The highest BCUT2D eigenvalue weighted by molar-refractivity contribution is 7.80. The fourth-order valence-electron chi connectivity index (χ4n) is 1.19. The average Bonchev–Trinajstić information content (AvgIpc) is 2.68. The summed E-state index contributed by atoms with van der Waals surface area (Å²) in [7, 11) is 1.67. The Hall–Kier alpha value is -1.50. The van der Waals surface area contributed by atoms with Crippen LogP contribution in [0.1, 0.15) is 19.7 Å². The maximum atomic E-state index is 12.0. The minimum Gasteiger partial charge on any atom is -0.392 e. The molecule has 0 aliphatic heterocycles. The quantitative estimate of drug-likeness (QED) is 0.729. The minimum atomic E-state index is -0.843. The largest absolute Gasteiger partial charge is 0.392 e. The van der Waals surface area contributed by atoms with Crippen molar-refractivity contribution in [3.05, 3.63) is 12.2 Å². The lowest BCUT2D eigenvalue weighted by Crippen LogP contribution is -2.45. The molecule has 1 amide bonds. The minimum absolute atomic E-state index is 0.142. The molecule has 0 bridgehead atoms. The lowest BCUT2D eigenvalue weighted by atomic mass is 9.92. The third-order valence-corrected chi connectivity index (χ3v) is 2.86. The van der Waals surface area contributed by atoms with E-state index in [-0.39, 0.29) is 10.9 Å². The van der Waals surface area contributed by atoms with Gasteiger partial charge in [0.15, 0.2) is 0 Å². The molecule has 1 aromatic rings. The summed E-state index contributed by atoms with van der Waals surface area (Å²) in [5.41, 5.74) is 4.69. The molecule has 0 unspecified atom stereocenters. The number of hydrogen-bond donors (Lipinski definition) is 2. The van der Waals surface area contributed by atoms with Gasteiger partial charge in [0, 0.05) is 7.05 Å². The molecule has 0 saturated carbocycles. The second-order valence-electron chi connectivity index (χ2n) is 4.08. The van der Waals surface area contributed by atoms with E-state index in [1.165, 1.54) is 11.2 Å². The summed E-state index contributed by atoms with van der Waals surface area (Å²) in [4.78, 5) is 17.7. The van der Waals surface area contributed by atoms with E-state index in [9.17, 15) is 4.79 Å². The second kappa shape index (κ2) is 4.56. The normalized spacial score (nSPS) is 11.2. The van der Waals surface area contributed by atoms with Crippen LogP contribution < -0.4 is 5.73 Å². The summed E-state index contributed by atoms with van der Waals surface area (Å²) >= 11 is 4.87. The van der Waals surface area contributed by atoms with Gasteiger partial charge in [-0.1, -0.05) is 12.2 Å². The van der Waals surface area contributed by atoms with Gasteiger partial charge in [-0.05, 0) is 13.8 Å². The van der Waals surface area contributed by atoms with E-state index in [1.54, 1.807) is 20.9 Å². The molecule has 0 radical (unpaired) electrons. The highest BCUT2D eigenvalue weighted by Crippen LogP contribution is 2.19. The van der Waals surface area contributed by atoms with E-state index < -0.39 is 5.41 Å². The van der Waals surface area contributed by atoms with Crippen LogP contribution in [0.2, 0.25) is 0 Å². The van der Waals surface area contributed by atoms with Gasteiger partial charge >= 0.3 is 0 Å². The number of carbonyl (C=O) groups excluding carboxylic acids is 1. The molecule has 1 rings (SSSR count). The summed E-state index contributed by atoms with van der Waals surface area (Å²) in [6.07, 6.45) is 1.40. The Bertz CT molecular complexity index is 387. The molecule has 1 heterocycles. The molecule has 0 aliphatic rings. The Morgan fingerprint density at radius 1 is 1.69 bits per heavy atom. The van der Waals surface area contributed by atoms with Crippen molar-refractivity contribution in [3.63, 3.8) is 0 Å². The van der Waals surface area contributed by atoms with Crippen molar-refractivity contribution in [2.24, 2.45) is 11.1 Å². The lowest BCUT2D eigenvalue weighted by Gasteiger charge is -2.27. The van der Waals surface area contributed by atoms with Gasteiger partial charge in [0.2, 0.25) is 5.91 Å². The standard InChI is InChI=1S/C9H15N5OS/c1-9(2,7(10)16)8(15)14(3)4-6-11-5-12-13-6/h5H,4H2,1-3H3,(H2,10,16)(H,11,12,13). The number of aromatic nitrogens is 3. The SMILES string of the molecule is CN(Cc1ncn[nH]1)C(=O)C(C)(C)C(N)=S. The zero-order chi connectivity index (χ0) is 12.3. The maximum Gasteiger partial charge on any atom is 0.235 e. The van der Waals surface area contributed by atoms with Gasteiger partial charge in [-0.2, -0.15) is 5.10 Å². The topological polar surface area (TPSA) is 87.9 Å². The van der Waals surface area contributed by atoms with Crippen molar-refractivity contribution in [2.75, 3.05) is 7.05 Å². The van der Waals surface area contributed by atoms with Gasteiger partial charge in [0.05, 0.1) is 16.9 Å². The molecule has 3 N–H and O–H groups in total. The summed E-state index contributed by atoms with van der Waals surface area (Å²) in [6.45, 7) is 3.76. The van der Waals surface area contributed by atoms with Crippen LogP contribution in [0.3, 0.4) is 0 Å². The zero-order valence-corrected chi connectivity index (χ0v) is 10.3. The summed E-state index contributed by atoms with van der Waals surface area (Å²) in [5.74, 6) is 0.478. The number of amides is 1. The van der Waals surface area contributed by atoms with Gasteiger partial charge < -0.3 is 10.6 Å². The van der Waals surface area contributed by atoms with Crippen molar-refractivity contribution in [3.8, 4) is 0 Å². The van der Waals surface area contributed by atoms with Gasteiger partial charge in [0.1, 0.15) is 12.2 Å². The molecule has 0 atom stereocenters. The lowest BCUT2D eigenvalue weighted by molar-refractivity contribution is -0.136. The van der Waals surface area contributed by atoms with Gasteiger partial charge in [-0.25, -0.2) is 4.98 Å². The number of rotatable bonds is 4. The number of H-pyrrole nitrogens is 1. The molecule has 1 aromatic heterocycles. The molecule has 0 aromatic carbocycles. The molecule has 0 spiro atoms. The Labute approximate surface area is 99.2 Å². The first-order valence-corrected chi connectivity index (χ1v) is 5.16. The van der Waals surface area contributed by atoms with E-state index in [2.05, 4.69) is 15.2 Å². The molecule has 0 fully saturated rings. The summed E-state index contributed by atoms with van der Waals surface area (Å²) in [6, 6.07) is 0. The first-order chi connectivity index (χ1) is 7.35. The van der Waals surface area contributed by atoms with Crippen LogP contribution in [0, 0.1) is 5.41 Å². The van der Waals surface area contributed by atoms with Gasteiger partial charge in [-0.15, -0.1) is 0 Å². The van der Waals surface area contributed by atoms with E-state index >= 15 is 0 Å². The van der Waals surface area contributed by atoms with Gasteiger partial charge in [0.25, 0.3) is 0 Å². The fraction of sp³-hybridized carbons (Fsp3) is 0.556. The smallest absolute Gasteiger partial charge is 0.235 e. The fourth-order valence-corrected chi connectivity index (χ4v) is 1.27. The van der Waals surface area contributed by atoms with Crippen LogP contribution in [-0.2, 0) is 11.3 Å². The number of nitrogens with zero attached hydrogens (tertiary/aromatic N) is 3. The monoisotopic (exact) mass is 241 g/mol. The van der Waals surface area contributed by atoms with Crippen molar-refractivity contribution in [2.45, 2.75) is 20.4 Å². The molecular weight excluding hydrogens is 226 g/mol. The Kier molecular flexibility index (Phi) is 3.58. The van der Waals surface area contributed by atoms with Crippen LogP contribution in [0.25, 0.3) is 0 Å². The van der Waals surface area contributed by atoms with E-state index in [1.807, 2.05) is 0 Å². The first-order valence-electron chi connectivity index (χ1n) is 4.75. The highest BCUT2D eigenvalue weighted by Gasteiger charge is 2.33. The predicted octanol–water partition coefficient (Wildman–Crippen LogP) is 0.0754. The van der Waals surface area contributed by atoms with Gasteiger partial charge in [-0.3, -0.25) is 9.89 Å². The number of hydrogen-bond acceptors (Lipinski definition) is 4. The molecular formula is C9H15N5OS. The number of carbonyl (C=O) groups is 1. The third kappa shape index (κ3) is 2.54. The zero-order valence-electron chi connectivity index (χ0n) is 9.52. The molecule has 0 saturated heterocycles. The highest BCUT2D eigenvalue weighted by atomic mass is 32.1. The van der Waals surface area contributed by atoms with E-state index in [0.29, 0.717) is 12.4 Å². The van der Waals surface area contributed by atoms with Crippen LogP contribution >= 0.6 is 12.2 Å². The number of nitrogens with one attached hydrogen (secondary N) is 1. The van der Waals surface area contributed by atoms with E-state index in [4.69, 9.17) is 18.0 Å². The number of thiocarbonyl (C=S) groups is 1. The Morgan fingerprint density at radius 2 is 2.31 bits per heavy atom. The van der Waals surface area contributed by atoms with Crippen LogP contribution in [0.4, 0.5) is 0 Å². The third-order valence-electron chi connectivity index (χ3n) is 2.35. The first kappa shape index (κ1) is 12.6. The van der Waals surface area contributed by atoms with Crippen molar-refractivity contribution in [1.29, 1.82) is 0 Å². The average molecular weight is 241 g/mol. The van der Waals surface area contributed by atoms with Crippen LogP contribution in [0.5, 0.6) is 0 Å². The molecule has 0 aliphatic carbocycles. The maximum absolute atomic E-state index is 12.0. The molecule has 7 heteroatoms. The summed E-state index contributed by atoms with van der Waals surface area (Å²) < 4.78 is 0. The van der Waals surface area contributed by atoms with E-state index in [0.717, 1.165) is 0 Å². The predicted molar refractivity (Wildman–Crippen MR) is 63.4 cm³/mol. The molecule has 6 nitrogen and oxygen atoms in total. The van der Waals surface area contributed by atoms with Crippen LogP contribution in [0.15, 0.2) is 6.33 Å². The Morgan fingerprint density at radius 3 is 2.75 bits per heavy atom. The van der Waals surface area contributed by atoms with Crippen molar-refractivity contribution in [1.82, 2.24) is 20.1 Å². The number of nitrogens with two attached hydrogens (primary N) is 1. The molecule has 16 heavy (non-hydrogen) atoms. The summed E-state index contributed by atoms with van der Waals surface area (Å²) in [5, 5.41) is 6.39. The molecule has 88 valence electrons.